The fraction of sp³-hybridized carbons (Fsp3) is 0.158. The minimum Gasteiger partial charge on any atom is -0.304 e. The summed E-state index contributed by atoms with van der Waals surface area (Å²) in [5, 5.41) is 11.1. The van der Waals surface area contributed by atoms with Gasteiger partial charge in [0.1, 0.15) is 0 Å². The van der Waals surface area contributed by atoms with E-state index in [0.29, 0.717) is 10.2 Å². The molecule has 148 valence electrons. The number of hydrogen-bond acceptors (Lipinski definition) is 6. The number of carbonyl (C=O) groups is 1. The summed E-state index contributed by atoms with van der Waals surface area (Å²) >= 11 is 1.13. The molecule has 0 atom stereocenters. The topological polar surface area (TPSA) is 112 Å². The molecule has 3 aromatic rings. The summed E-state index contributed by atoms with van der Waals surface area (Å²) in [6.45, 7) is 1.54. The van der Waals surface area contributed by atoms with Crippen LogP contribution in [0.1, 0.15) is 17.3 Å². The van der Waals surface area contributed by atoms with Gasteiger partial charge in [0.2, 0.25) is 0 Å². The SMILES string of the molecule is C#CCn1c(=NC(=O)c2ccccc2S(=O)(=O)CC)sc2ccc([N+](=O)[O-])cc21. The largest absolute Gasteiger partial charge is 0.304 e. The van der Waals surface area contributed by atoms with Crippen LogP contribution in [0.3, 0.4) is 0 Å². The molecule has 0 bridgehead atoms. The number of fused-ring (bicyclic) bond motifs is 1. The van der Waals surface area contributed by atoms with Gasteiger partial charge >= 0.3 is 0 Å². The molecule has 1 aromatic heterocycles. The average Bonchev–Trinajstić information content (AvgIpc) is 3.04. The second-order valence-corrected chi connectivity index (χ2v) is 9.16. The van der Waals surface area contributed by atoms with Crippen molar-refractivity contribution in [3.63, 3.8) is 0 Å². The fourth-order valence-corrected chi connectivity index (χ4v) is 4.81. The second-order valence-electron chi connectivity index (χ2n) is 5.90. The van der Waals surface area contributed by atoms with E-state index >= 15 is 0 Å². The number of nitro benzene ring substituents is 1. The Balaban J connectivity index is 2.22. The van der Waals surface area contributed by atoms with Crippen LogP contribution >= 0.6 is 11.3 Å². The highest BCUT2D eigenvalue weighted by Crippen LogP contribution is 2.23. The lowest BCUT2D eigenvalue weighted by molar-refractivity contribution is -0.384. The number of benzene rings is 2. The fourth-order valence-electron chi connectivity index (χ4n) is 2.72. The molecule has 0 saturated carbocycles. The molecule has 3 rings (SSSR count). The van der Waals surface area contributed by atoms with Gasteiger partial charge in [0.25, 0.3) is 11.6 Å². The molecule has 0 fully saturated rings. The minimum absolute atomic E-state index is 0.0370. The van der Waals surface area contributed by atoms with E-state index < -0.39 is 20.7 Å². The maximum atomic E-state index is 12.8. The van der Waals surface area contributed by atoms with Gasteiger partial charge < -0.3 is 4.57 Å². The zero-order valence-corrected chi connectivity index (χ0v) is 16.9. The molecule has 0 aliphatic heterocycles. The first kappa shape index (κ1) is 20.4. The molecule has 1 amide bonds. The van der Waals surface area contributed by atoms with Gasteiger partial charge in [0.05, 0.1) is 37.9 Å². The quantitative estimate of drug-likeness (QED) is 0.352. The van der Waals surface area contributed by atoms with Gasteiger partial charge in [-0.1, -0.05) is 36.3 Å². The Morgan fingerprint density at radius 2 is 2.03 bits per heavy atom. The summed E-state index contributed by atoms with van der Waals surface area (Å²) in [5.41, 5.74) is 0.326. The van der Waals surface area contributed by atoms with Gasteiger partial charge in [-0.05, 0) is 18.2 Å². The Bertz CT molecular complexity index is 1340. The van der Waals surface area contributed by atoms with Gasteiger partial charge in [-0.3, -0.25) is 14.9 Å². The lowest BCUT2D eigenvalue weighted by Crippen LogP contribution is -2.18. The Hall–Kier alpha value is -3.29. The Morgan fingerprint density at radius 3 is 2.69 bits per heavy atom. The number of nitrogens with zero attached hydrogens (tertiary/aromatic N) is 3. The summed E-state index contributed by atoms with van der Waals surface area (Å²) < 4.78 is 26.8. The Labute approximate surface area is 170 Å². The van der Waals surface area contributed by atoms with Crippen molar-refractivity contribution in [1.29, 1.82) is 0 Å². The summed E-state index contributed by atoms with van der Waals surface area (Å²) in [6, 6.07) is 10.1. The predicted molar refractivity (Wildman–Crippen MR) is 109 cm³/mol. The van der Waals surface area contributed by atoms with Gasteiger partial charge in [-0.25, -0.2) is 8.42 Å². The summed E-state index contributed by atoms with van der Waals surface area (Å²) in [6.07, 6.45) is 5.41. The molecule has 0 unspecified atom stereocenters. The first-order valence-corrected chi connectivity index (χ1v) is 10.9. The van der Waals surface area contributed by atoms with Crippen LogP contribution < -0.4 is 4.80 Å². The van der Waals surface area contributed by atoms with Crippen LogP contribution in [0, 0.1) is 22.5 Å². The standard InChI is InChI=1S/C19H15N3O5S2/c1-3-11-21-15-12-13(22(24)25)9-10-16(15)28-19(21)20-18(23)14-7-5-6-8-17(14)29(26,27)4-2/h1,5-10,12H,4,11H2,2H3. The monoisotopic (exact) mass is 429 g/mol. The van der Waals surface area contributed by atoms with Crippen LogP contribution in [-0.2, 0) is 16.4 Å². The lowest BCUT2D eigenvalue weighted by Gasteiger charge is -2.06. The van der Waals surface area contributed by atoms with Crippen molar-refractivity contribution in [2.24, 2.45) is 4.99 Å². The van der Waals surface area contributed by atoms with Crippen molar-refractivity contribution in [2.75, 3.05) is 5.75 Å². The first-order chi connectivity index (χ1) is 13.8. The molecule has 0 aliphatic rings. The molecule has 0 radical (unpaired) electrons. The third-order valence-corrected chi connectivity index (χ3v) is 7.00. The highest BCUT2D eigenvalue weighted by molar-refractivity contribution is 7.91. The number of thiazole rings is 1. The van der Waals surface area contributed by atoms with Crippen molar-refractivity contribution in [3.05, 3.63) is 62.9 Å². The number of hydrogen-bond donors (Lipinski definition) is 0. The van der Waals surface area contributed by atoms with E-state index in [4.69, 9.17) is 6.42 Å². The molecule has 8 nitrogen and oxygen atoms in total. The minimum atomic E-state index is -3.62. The maximum absolute atomic E-state index is 12.8. The Kier molecular flexibility index (Phi) is 5.63. The maximum Gasteiger partial charge on any atom is 0.280 e. The smallest absolute Gasteiger partial charge is 0.280 e. The van der Waals surface area contributed by atoms with E-state index in [0.717, 1.165) is 11.3 Å². The summed E-state index contributed by atoms with van der Waals surface area (Å²) in [7, 11) is -3.62. The van der Waals surface area contributed by atoms with Crippen LogP contribution in [0.5, 0.6) is 0 Å². The molecule has 29 heavy (non-hydrogen) atoms. The predicted octanol–water partition coefficient (Wildman–Crippen LogP) is 2.78. The molecular weight excluding hydrogens is 414 g/mol. The van der Waals surface area contributed by atoms with Crippen LogP contribution in [0.4, 0.5) is 5.69 Å². The van der Waals surface area contributed by atoms with E-state index in [2.05, 4.69) is 10.9 Å². The van der Waals surface area contributed by atoms with Crippen LogP contribution in [0.15, 0.2) is 52.4 Å². The van der Waals surface area contributed by atoms with Crippen LogP contribution in [-0.4, -0.2) is 29.6 Å². The van der Waals surface area contributed by atoms with E-state index in [1.807, 2.05) is 0 Å². The number of terminal acetylenes is 1. The van der Waals surface area contributed by atoms with Gasteiger partial charge in [0, 0.05) is 12.1 Å². The number of non-ortho nitro benzene ring substituents is 1. The van der Waals surface area contributed by atoms with E-state index in [1.165, 1.54) is 41.8 Å². The number of sulfone groups is 1. The highest BCUT2D eigenvalue weighted by atomic mass is 32.2. The summed E-state index contributed by atoms with van der Waals surface area (Å²) in [5.74, 6) is 1.56. The Morgan fingerprint density at radius 1 is 1.31 bits per heavy atom. The third kappa shape index (κ3) is 3.96. The second kappa shape index (κ2) is 7.98. The van der Waals surface area contributed by atoms with Crippen molar-refractivity contribution in [2.45, 2.75) is 18.4 Å². The highest BCUT2D eigenvalue weighted by Gasteiger charge is 2.21. The van der Waals surface area contributed by atoms with Gasteiger partial charge in [-0.15, -0.1) is 6.42 Å². The van der Waals surface area contributed by atoms with Crippen molar-refractivity contribution < 1.29 is 18.1 Å². The number of carbonyl (C=O) groups excluding carboxylic acids is 1. The van der Waals surface area contributed by atoms with Crippen LogP contribution in [0.25, 0.3) is 10.2 Å². The van der Waals surface area contributed by atoms with Gasteiger partial charge in [0.15, 0.2) is 14.6 Å². The zero-order valence-electron chi connectivity index (χ0n) is 15.2. The van der Waals surface area contributed by atoms with E-state index in [-0.39, 0.29) is 33.2 Å². The average molecular weight is 429 g/mol. The third-order valence-electron chi connectivity index (χ3n) is 4.16. The molecule has 0 aliphatic carbocycles. The normalized spacial score (nSPS) is 12.1. The van der Waals surface area contributed by atoms with Crippen molar-refractivity contribution in [3.8, 4) is 12.3 Å². The number of nitro groups is 1. The molecule has 10 heteroatoms. The number of rotatable bonds is 5. The van der Waals surface area contributed by atoms with Crippen LogP contribution in [0.2, 0.25) is 0 Å². The molecule has 1 heterocycles. The first-order valence-electron chi connectivity index (χ1n) is 8.40. The summed E-state index contributed by atoms with van der Waals surface area (Å²) in [4.78, 5) is 27.6. The number of amides is 1. The molecule has 2 aromatic carbocycles. The van der Waals surface area contributed by atoms with Gasteiger partial charge in [-0.2, -0.15) is 4.99 Å². The van der Waals surface area contributed by atoms with E-state index in [1.54, 1.807) is 12.1 Å². The van der Waals surface area contributed by atoms with E-state index in [9.17, 15) is 23.3 Å². The van der Waals surface area contributed by atoms with Crippen molar-refractivity contribution >= 4 is 43.0 Å². The zero-order chi connectivity index (χ0) is 21.2. The molecular formula is C19H15N3O5S2. The molecule has 0 saturated heterocycles. The molecule has 0 spiro atoms. The van der Waals surface area contributed by atoms with Crippen molar-refractivity contribution in [1.82, 2.24) is 4.57 Å². The lowest BCUT2D eigenvalue weighted by atomic mass is 10.2. The molecule has 0 N–H and O–H groups in total. The number of aromatic nitrogens is 1.